The van der Waals surface area contributed by atoms with E-state index in [0.717, 1.165) is 21.4 Å². The lowest BCUT2D eigenvalue weighted by Crippen LogP contribution is -1.89. The van der Waals surface area contributed by atoms with Crippen LogP contribution in [0.25, 0.3) is 11.4 Å². The van der Waals surface area contributed by atoms with Gasteiger partial charge in [0.2, 0.25) is 0 Å². The Morgan fingerprint density at radius 3 is 1.56 bits per heavy atom. The molecular weight excluding hydrogens is 236 g/mol. The molecule has 2 aromatic rings. The van der Waals surface area contributed by atoms with Crippen LogP contribution in [0.4, 0.5) is 0 Å². The Balaban J connectivity index is 2.41. The van der Waals surface area contributed by atoms with Crippen LogP contribution >= 0.6 is 23.5 Å². The Kier molecular flexibility index (Phi) is 3.85. The van der Waals surface area contributed by atoms with Gasteiger partial charge in [0.25, 0.3) is 0 Å². The quantitative estimate of drug-likeness (QED) is 0.775. The number of rotatable bonds is 3. The molecule has 2 rings (SSSR count). The van der Waals surface area contributed by atoms with Gasteiger partial charge >= 0.3 is 0 Å². The lowest BCUT2D eigenvalue weighted by Gasteiger charge is -2.03. The van der Waals surface area contributed by atoms with Crippen molar-refractivity contribution in [1.29, 1.82) is 0 Å². The molecule has 2 heterocycles. The molecule has 0 radical (unpaired) electrons. The molecule has 0 aliphatic carbocycles. The van der Waals surface area contributed by atoms with Crippen LogP contribution in [0.5, 0.6) is 0 Å². The number of hydrogen-bond acceptors (Lipinski definition) is 4. The molecule has 2 nitrogen and oxygen atoms in total. The average molecular weight is 248 g/mol. The SMILES string of the molecule is CSc1cccc(-c2cccc(SC)n2)n1. The third-order valence-electron chi connectivity index (χ3n) is 2.13. The van der Waals surface area contributed by atoms with E-state index in [-0.39, 0.29) is 0 Å². The van der Waals surface area contributed by atoms with E-state index in [1.807, 2.05) is 48.9 Å². The second-order valence-corrected chi connectivity index (χ2v) is 4.78. The van der Waals surface area contributed by atoms with Crippen LogP contribution in [0.15, 0.2) is 46.5 Å². The van der Waals surface area contributed by atoms with Crippen LogP contribution in [0.3, 0.4) is 0 Å². The van der Waals surface area contributed by atoms with Crippen LogP contribution in [0, 0.1) is 0 Å². The van der Waals surface area contributed by atoms with E-state index in [1.54, 1.807) is 23.5 Å². The summed E-state index contributed by atoms with van der Waals surface area (Å²) in [5.74, 6) is 0. The zero-order valence-electron chi connectivity index (χ0n) is 9.18. The average Bonchev–Trinajstić information content (AvgIpc) is 2.39. The first-order chi connectivity index (χ1) is 7.83. The molecule has 16 heavy (non-hydrogen) atoms. The predicted molar refractivity (Wildman–Crippen MR) is 71.0 cm³/mol. The Morgan fingerprint density at radius 1 is 0.750 bits per heavy atom. The molecule has 4 heteroatoms. The highest BCUT2D eigenvalue weighted by atomic mass is 32.2. The first-order valence-electron chi connectivity index (χ1n) is 4.86. The Labute approximate surface area is 104 Å². The van der Waals surface area contributed by atoms with Crippen molar-refractivity contribution in [2.24, 2.45) is 0 Å². The van der Waals surface area contributed by atoms with E-state index in [0.29, 0.717) is 0 Å². The van der Waals surface area contributed by atoms with Gasteiger partial charge in [-0.3, -0.25) is 0 Å². The molecule has 0 N–H and O–H groups in total. The van der Waals surface area contributed by atoms with Gasteiger partial charge < -0.3 is 0 Å². The Hall–Kier alpha value is -1.00. The van der Waals surface area contributed by atoms with Crippen molar-refractivity contribution < 1.29 is 0 Å². The maximum absolute atomic E-state index is 4.53. The van der Waals surface area contributed by atoms with Crippen molar-refractivity contribution in [3.63, 3.8) is 0 Å². The third kappa shape index (κ3) is 2.57. The minimum Gasteiger partial charge on any atom is -0.240 e. The molecule has 0 aliphatic rings. The summed E-state index contributed by atoms with van der Waals surface area (Å²) in [7, 11) is 0. The molecule has 0 fully saturated rings. The summed E-state index contributed by atoms with van der Waals surface area (Å²) in [5, 5.41) is 2.04. The Morgan fingerprint density at radius 2 is 1.19 bits per heavy atom. The highest BCUT2D eigenvalue weighted by Crippen LogP contribution is 2.21. The van der Waals surface area contributed by atoms with Gasteiger partial charge in [-0.25, -0.2) is 9.97 Å². The molecule has 0 aromatic carbocycles. The number of aromatic nitrogens is 2. The lowest BCUT2D eigenvalue weighted by atomic mass is 10.2. The number of pyridine rings is 2. The van der Waals surface area contributed by atoms with E-state index in [4.69, 9.17) is 0 Å². The van der Waals surface area contributed by atoms with Gasteiger partial charge in [0.15, 0.2) is 0 Å². The van der Waals surface area contributed by atoms with Crippen LogP contribution in [-0.4, -0.2) is 22.5 Å². The number of hydrogen-bond donors (Lipinski definition) is 0. The third-order valence-corrected chi connectivity index (χ3v) is 3.42. The summed E-state index contributed by atoms with van der Waals surface area (Å²) in [5.41, 5.74) is 1.87. The van der Waals surface area contributed by atoms with Gasteiger partial charge in [0.05, 0.1) is 21.4 Å². The first-order valence-corrected chi connectivity index (χ1v) is 7.31. The molecule has 2 aromatic heterocycles. The van der Waals surface area contributed by atoms with E-state index in [2.05, 4.69) is 9.97 Å². The molecule has 82 valence electrons. The van der Waals surface area contributed by atoms with Crippen LogP contribution in [0.1, 0.15) is 0 Å². The molecule has 0 atom stereocenters. The minimum atomic E-state index is 0.933. The second kappa shape index (κ2) is 5.37. The van der Waals surface area contributed by atoms with Crippen molar-refractivity contribution in [2.45, 2.75) is 10.1 Å². The van der Waals surface area contributed by atoms with Crippen molar-refractivity contribution >= 4 is 23.5 Å². The van der Waals surface area contributed by atoms with E-state index < -0.39 is 0 Å². The second-order valence-electron chi connectivity index (χ2n) is 3.13. The van der Waals surface area contributed by atoms with Gasteiger partial charge in [-0.05, 0) is 36.8 Å². The normalized spacial score (nSPS) is 10.4. The maximum atomic E-state index is 4.53. The monoisotopic (exact) mass is 248 g/mol. The van der Waals surface area contributed by atoms with Gasteiger partial charge in [0, 0.05) is 0 Å². The molecule has 0 bridgehead atoms. The summed E-state index contributed by atoms with van der Waals surface area (Å²) in [4.78, 5) is 9.06. The molecule has 0 aliphatic heterocycles. The molecule has 0 spiro atoms. The summed E-state index contributed by atoms with van der Waals surface area (Å²) >= 11 is 3.29. The fourth-order valence-electron chi connectivity index (χ4n) is 1.34. The first kappa shape index (κ1) is 11.5. The van der Waals surface area contributed by atoms with E-state index >= 15 is 0 Å². The van der Waals surface area contributed by atoms with Crippen LogP contribution < -0.4 is 0 Å². The lowest BCUT2D eigenvalue weighted by molar-refractivity contribution is 1.08. The standard InChI is InChI=1S/C12H12N2S2/c1-15-11-7-3-5-9(13-11)10-6-4-8-12(14-10)16-2/h3-8H,1-2H3. The van der Waals surface area contributed by atoms with E-state index in [1.165, 1.54) is 0 Å². The molecule has 0 saturated heterocycles. The van der Waals surface area contributed by atoms with Gasteiger partial charge in [-0.2, -0.15) is 0 Å². The number of nitrogens with zero attached hydrogens (tertiary/aromatic N) is 2. The van der Waals surface area contributed by atoms with Crippen molar-refractivity contribution in [3.05, 3.63) is 36.4 Å². The van der Waals surface area contributed by atoms with Gasteiger partial charge in [0.1, 0.15) is 0 Å². The molecule has 0 amide bonds. The predicted octanol–water partition coefficient (Wildman–Crippen LogP) is 3.59. The summed E-state index contributed by atoms with van der Waals surface area (Å²) in [6, 6.07) is 12.0. The number of thioether (sulfide) groups is 2. The zero-order valence-corrected chi connectivity index (χ0v) is 10.8. The summed E-state index contributed by atoms with van der Waals surface area (Å²) < 4.78 is 0. The summed E-state index contributed by atoms with van der Waals surface area (Å²) in [6.45, 7) is 0. The maximum Gasteiger partial charge on any atom is 0.0965 e. The van der Waals surface area contributed by atoms with Crippen molar-refractivity contribution in [3.8, 4) is 11.4 Å². The van der Waals surface area contributed by atoms with Gasteiger partial charge in [-0.1, -0.05) is 12.1 Å². The van der Waals surface area contributed by atoms with Crippen molar-refractivity contribution in [1.82, 2.24) is 9.97 Å². The van der Waals surface area contributed by atoms with Crippen molar-refractivity contribution in [2.75, 3.05) is 12.5 Å². The minimum absolute atomic E-state index is 0.933. The van der Waals surface area contributed by atoms with Gasteiger partial charge in [-0.15, -0.1) is 23.5 Å². The summed E-state index contributed by atoms with van der Waals surface area (Å²) in [6.07, 6.45) is 4.05. The largest absolute Gasteiger partial charge is 0.240 e. The van der Waals surface area contributed by atoms with Crippen LogP contribution in [-0.2, 0) is 0 Å². The zero-order chi connectivity index (χ0) is 11.4. The highest BCUT2D eigenvalue weighted by Gasteiger charge is 2.02. The highest BCUT2D eigenvalue weighted by molar-refractivity contribution is 7.98. The smallest absolute Gasteiger partial charge is 0.0965 e. The van der Waals surface area contributed by atoms with Crippen LogP contribution in [0.2, 0.25) is 0 Å². The fraction of sp³-hybridized carbons (Fsp3) is 0.167. The molecular formula is C12H12N2S2. The fourth-order valence-corrected chi connectivity index (χ4v) is 2.15. The topological polar surface area (TPSA) is 25.8 Å². The Bertz CT molecular complexity index is 440. The molecule has 0 saturated carbocycles. The molecule has 0 unspecified atom stereocenters. The van der Waals surface area contributed by atoms with E-state index in [9.17, 15) is 0 Å².